The second kappa shape index (κ2) is 8.72. The fourth-order valence-electron chi connectivity index (χ4n) is 2.12. The fraction of sp³-hybridized carbons (Fsp3) is 1.00. The summed E-state index contributed by atoms with van der Waals surface area (Å²) in [7, 11) is 0. The van der Waals surface area contributed by atoms with Crippen molar-refractivity contribution in [1.82, 2.24) is 0 Å². The van der Waals surface area contributed by atoms with E-state index >= 15 is 0 Å². The van der Waals surface area contributed by atoms with Crippen molar-refractivity contribution in [2.45, 2.75) is 61.7 Å². The van der Waals surface area contributed by atoms with E-state index in [1.807, 2.05) is 0 Å². The molecule has 0 aliphatic heterocycles. The van der Waals surface area contributed by atoms with Gasteiger partial charge in [-0.05, 0) is 0 Å². The predicted molar refractivity (Wildman–Crippen MR) is 56.9 cm³/mol. The molecular weight excluding hydrogens is 154 g/mol. The fourth-order valence-corrected chi connectivity index (χ4v) is 6.35. The summed E-state index contributed by atoms with van der Waals surface area (Å²) in [5, 5.41) is 6.19. The summed E-state index contributed by atoms with van der Waals surface area (Å²) in [4.78, 5) is 0. The monoisotopic (exact) mass is 178 g/mol. The van der Waals surface area contributed by atoms with E-state index in [0.29, 0.717) is 0 Å². The van der Waals surface area contributed by atoms with E-state index in [9.17, 15) is 0 Å². The first-order chi connectivity index (χ1) is 5.24. The molecule has 0 rings (SSSR count). The van der Waals surface area contributed by atoms with Crippen LogP contribution >= 0.6 is 0 Å². The molecule has 0 aromatic heterocycles. The third-order valence-electron chi connectivity index (χ3n) is 3.77. The van der Waals surface area contributed by atoms with Crippen LogP contribution in [0.15, 0.2) is 0 Å². The van der Waals surface area contributed by atoms with Gasteiger partial charge in [0.25, 0.3) is 0 Å². The summed E-state index contributed by atoms with van der Waals surface area (Å²) in [5.74, 6) is 0. The third-order valence-corrected chi connectivity index (χ3v) is 10.6. The van der Waals surface area contributed by atoms with Gasteiger partial charge in [0.2, 0.25) is 0 Å². The summed E-state index contributed by atoms with van der Waals surface area (Å²) < 4.78 is 0. The van der Waals surface area contributed by atoms with Crippen LogP contribution in [-0.4, -0.2) is 13.1 Å². The minimum absolute atomic E-state index is 0. The molecule has 0 radical (unpaired) electrons. The maximum absolute atomic E-state index is 2.41. The maximum Gasteiger partial charge on any atom is 1.00 e. The average molecular weight is 178 g/mol. The molecule has 0 unspecified atom stereocenters. The number of hydrogen-bond donors (Lipinski definition) is 0. The molecule has 0 aliphatic carbocycles. The molecule has 0 nitrogen and oxygen atoms in total. The second-order valence-electron chi connectivity index (χ2n) is 4.10. The van der Waals surface area contributed by atoms with Crippen molar-refractivity contribution in [3.63, 3.8) is 0 Å². The standard InChI is InChI=1S/C4H9.3C2H5.Al.Li/c1-3-4-2;3*1-2;;/h1,3-4H2,2H3;3*1H2,2H3;;/q;;;;-1;+1. The van der Waals surface area contributed by atoms with E-state index < -0.39 is 13.1 Å². The molecule has 0 atom stereocenters. The van der Waals surface area contributed by atoms with Crippen molar-refractivity contribution in [1.29, 1.82) is 0 Å². The minimum atomic E-state index is -1.02. The van der Waals surface area contributed by atoms with Crippen molar-refractivity contribution >= 4 is 13.1 Å². The van der Waals surface area contributed by atoms with Gasteiger partial charge in [0.15, 0.2) is 0 Å². The molecule has 68 valence electrons. The van der Waals surface area contributed by atoms with E-state index in [0.717, 1.165) is 0 Å². The predicted octanol–water partition coefficient (Wildman–Crippen LogP) is 1.30. The Balaban J connectivity index is 0. The Morgan fingerprint density at radius 1 is 0.833 bits per heavy atom. The molecule has 0 N–H and O–H groups in total. The topological polar surface area (TPSA) is 0 Å². The van der Waals surface area contributed by atoms with E-state index in [1.165, 1.54) is 28.7 Å². The van der Waals surface area contributed by atoms with Crippen LogP contribution in [0.5, 0.6) is 0 Å². The maximum atomic E-state index is 2.41. The SMILES string of the molecule is CCC[CH2][Al-]([CH2]C)([CH2]C)[CH2]C.[Li+]. The van der Waals surface area contributed by atoms with Crippen molar-refractivity contribution < 1.29 is 18.9 Å². The van der Waals surface area contributed by atoms with Gasteiger partial charge in [0, 0.05) is 0 Å². The van der Waals surface area contributed by atoms with Crippen LogP contribution in [0.4, 0.5) is 0 Å². The van der Waals surface area contributed by atoms with Gasteiger partial charge in [-0.25, -0.2) is 0 Å². The second-order valence-corrected chi connectivity index (χ2v) is 10.6. The summed E-state index contributed by atoms with van der Waals surface area (Å²) >= 11 is -1.02. The Kier molecular flexibility index (Phi) is 11.3. The van der Waals surface area contributed by atoms with E-state index in [1.54, 1.807) is 5.28 Å². The molecule has 2 heteroatoms. The largest absolute Gasteiger partial charge is 1.00 e. The molecule has 0 heterocycles. The minimum Gasteiger partial charge on any atom is -0.194 e. The normalized spacial score (nSPS) is 11.0. The van der Waals surface area contributed by atoms with Gasteiger partial charge in [-0.1, -0.05) is 19.8 Å². The molecule has 0 aromatic rings. The van der Waals surface area contributed by atoms with E-state index in [2.05, 4.69) is 27.7 Å². The smallest absolute Gasteiger partial charge is 0.194 e. The number of hydrogen-bond acceptors (Lipinski definition) is 0. The van der Waals surface area contributed by atoms with Gasteiger partial charge >= 0.3 is 18.9 Å². The molecule has 0 aromatic carbocycles. The Morgan fingerprint density at radius 3 is 1.50 bits per heavy atom. The van der Waals surface area contributed by atoms with Crippen LogP contribution in [-0.2, 0) is 0 Å². The molecule has 0 saturated carbocycles. The molecular formula is C10H24AlLi. The molecule has 12 heavy (non-hydrogen) atoms. The first kappa shape index (κ1) is 15.6. The van der Waals surface area contributed by atoms with Gasteiger partial charge in [-0.15, -0.1) is 20.8 Å². The summed E-state index contributed by atoms with van der Waals surface area (Å²) in [6, 6.07) is 0. The van der Waals surface area contributed by atoms with Gasteiger partial charge in [0.1, 0.15) is 13.1 Å². The first-order valence-corrected chi connectivity index (χ1v) is 8.73. The van der Waals surface area contributed by atoms with Gasteiger partial charge in [0.05, 0.1) is 0 Å². The molecule has 0 amide bonds. The molecule has 0 bridgehead atoms. The van der Waals surface area contributed by atoms with E-state index in [-0.39, 0.29) is 18.9 Å². The Hall–Kier alpha value is 1.13. The van der Waals surface area contributed by atoms with Gasteiger partial charge in [-0.3, -0.25) is 0 Å². The zero-order valence-electron chi connectivity index (χ0n) is 9.82. The Bertz CT molecular complexity index is 81.6. The van der Waals surface area contributed by atoms with Crippen LogP contribution in [0, 0.1) is 0 Å². The zero-order chi connectivity index (χ0) is 8.74. The van der Waals surface area contributed by atoms with Gasteiger partial charge < -0.3 is 0 Å². The van der Waals surface area contributed by atoms with Crippen LogP contribution in [0.2, 0.25) is 21.1 Å². The molecule has 0 fully saturated rings. The van der Waals surface area contributed by atoms with Crippen LogP contribution in [0.1, 0.15) is 40.5 Å². The average Bonchev–Trinajstić information content (AvgIpc) is 2.08. The summed E-state index contributed by atoms with van der Waals surface area (Å²) in [6.07, 6.45) is 2.88. The van der Waals surface area contributed by atoms with Crippen molar-refractivity contribution in [2.24, 2.45) is 0 Å². The number of unbranched alkanes of at least 4 members (excludes halogenated alkanes) is 1. The Morgan fingerprint density at radius 2 is 1.25 bits per heavy atom. The van der Waals surface area contributed by atoms with Crippen molar-refractivity contribution in [3.8, 4) is 0 Å². The summed E-state index contributed by atoms with van der Waals surface area (Å²) in [6.45, 7) is 9.54. The van der Waals surface area contributed by atoms with Crippen LogP contribution < -0.4 is 18.9 Å². The van der Waals surface area contributed by atoms with Crippen LogP contribution in [0.3, 0.4) is 0 Å². The molecule has 0 spiro atoms. The molecule has 0 aliphatic rings. The van der Waals surface area contributed by atoms with E-state index in [4.69, 9.17) is 0 Å². The Labute approximate surface area is 93.4 Å². The van der Waals surface area contributed by atoms with Crippen LogP contribution in [0.25, 0.3) is 0 Å². The van der Waals surface area contributed by atoms with Crippen molar-refractivity contribution in [3.05, 3.63) is 0 Å². The number of rotatable bonds is 6. The third kappa shape index (κ3) is 4.99. The quantitative estimate of drug-likeness (QED) is 0.538. The van der Waals surface area contributed by atoms with Crippen molar-refractivity contribution in [2.75, 3.05) is 0 Å². The molecule has 0 saturated heterocycles. The first-order valence-electron chi connectivity index (χ1n) is 5.46. The van der Waals surface area contributed by atoms with Gasteiger partial charge in [-0.2, -0.15) is 21.1 Å². The zero-order valence-corrected chi connectivity index (χ0v) is 11.0. The summed E-state index contributed by atoms with van der Waals surface area (Å²) in [5.41, 5.74) is 0.